The van der Waals surface area contributed by atoms with Crippen molar-refractivity contribution >= 4 is 11.7 Å². The Morgan fingerprint density at radius 2 is 2.13 bits per heavy atom. The Morgan fingerprint density at radius 1 is 1.40 bits per heavy atom. The molecule has 1 aromatic rings. The van der Waals surface area contributed by atoms with E-state index < -0.39 is 0 Å². The molecule has 1 aromatic heterocycles. The number of anilines is 1. The molecule has 0 aromatic carbocycles. The van der Waals surface area contributed by atoms with Gasteiger partial charge < -0.3 is 10.6 Å². The summed E-state index contributed by atoms with van der Waals surface area (Å²) in [4.78, 5) is 10.4. The van der Waals surface area contributed by atoms with E-state index in [1.807, 2.05) is 0 Å². The minimum Gasteiger partial charge on any atom is -0.382 e. The highest BCUT2D eigenvalue weighted by Crippen LogP contribution is 2.08. The lowest BCUT2D eigenvalue weighted by molar-refractivity contribution is 0.775. The number of aromatic nitrogens is 2. The summed E-state index contributed by atoms with van der Waals surface area (Å²) < 4.78 is 0. The number of hydrogen-bond donors (Lipinski definition) is 2. The summed E-state index contributed by atoms with van der Waals surface area (Å²) >= 11 is 0. The highest BCUT2D eigenvalue weighted by atomic mass is 15.2. The molecule has 0 radical (unpaired) electrons. The quantitative estimate of drug-likeness (QED) is 0.557. The van der Waals surface area contributed by atoms with E-state index in [0.717, 1.165) is 25.3 Å². The molecule has 0 amide bonds. The molecule has 0 bridgehead atoms. The second-order valence-corrected chi connectivity index (χ2v) is 3.25. The van der Waals surface area contributed by atoms with Crippen molar-refractivity contribution in [1.82, 2.24) is 9.97 Å². The summed E-state index contributed by atoms with van der Waals surface area (Å²) in [7, 11) is 0. The van der Waals surface area contributed by atoms with Crippen LogP contribution in [0.3, 0.4) is 0 Å². The molecular weight excluding hydrogens is 190 g/mol. The van der Waals surface area contributed by atoms with Crippen molar-refractivity contribution in [3.8, 4) is 0 Å². The third kappa shape index (κ3) is 2.90. The Bertz CT molecular complexity index is 319. The second-order valence-electron chi connectivity index (χ2n) is 3.25. The third-order valence-corrected chi connectivity index (χ3v) is 2.11. The first kappa shape index (κ1) is 11.4. The summed E-state index contributed by atoms with van der Waals surface area (Å²) in [6.07, 6.45) is 4.27. The zero-order valence-electron chi connectivity index (χ0n) is 9.20. The maximum Gasteiger partial charge on any atom is 0.147 e. The van der Waals surface area contributed by atoms with Gasteiger partial charge in [0.2, 0.25) is 0 Å². The molecule has 0 aliphatic heterocycles. The minimum absolute atomic E-state index is 0.0485. The summed E-state index contributed by atoms with van der Waals surface area (Å²) in [5, 5.41) is 7.20. The molecule has 0 fully saturated rings. The van der Waals surface area contributed by atoms with Crippen LogP contribution in [0.5, 0.6) is 0 Å². The van der Waals surface area contributed by atoms with E-state index in [0.29, 0.717) is 5.69 Å². The van der Waals surface area contributed by atoms with Crippen LogP contribution in [-0.4, -0.2) is 28.9 Å². The van der Waals surface area contributed by atoms with Crippen molar-refractivity contribution < 1.29 is 0 Å². The molecule has 82 valence electrons. The number of amidine groups is 1. The fraction of sp³-hybridized carbons (Fsp3) is 0.500. The molecule has 0 saturated carbocycles. The number of nitrogens with zero attached hydrogens (tertiary/aromatic N) is 3. The first-order chi connectivity index (χ1) is 7.19. The summed E-state index contributed by atoms with van der Waals surface area (Å²) in [6.45, 7) is 6.07. The molecule has 15 heavy (non-hydrogen) atoms. The third-order valence-electron chi connectivity index (χ3n) is 2.11. The zero-order valence-corrected chi connectivity index (χ0v) is 9.20. The van der Waals surface area contributed by atoms with Gasteiger partial charge in [-0.25, -0.2) is 9.97 Å². The summed E-state index contributed by atoms with van der Waals surface area (Å²) in [6, 6.07) is 0. The normalized spacial score (nSPS) is 10.0. The highest BCUT2D eigenvalue weighted by Gasteiger charge is 2.05. The van der Waals surface area contributed by atoms with Crippen LogP contribution in [0.2, 0.25) is 0 Å². The second kappa shape index (κ2) is 5.29. The Morgan fingerprint density at radius 3 is 2.53 bits per heavy atom. The molecule has 1 rings (SSSR count). The molecule has 0 aliphatic rings. The smallest absolute Gasteiger partial charge is 0.147 e. The van der Waals surface area contributed by atoms with Crippen molar-refractivity contribution in [3.63, 3.8) is 0 Å². The molecule has 1 heterocycles. The van der Waals surface area contributed by atoms with Crippen LogP contribution >= 0.6 is 0 Å². The molecule has 5 heteroatoms. The van der Waals surface area contributed by atoms with E-state index in [2.05, 4.69) is 28.7 Å². The van der Waals surface area contributed by atoms with Crippen molar-refractivity contribution in [2.45, 2.75) is 20.3 Å². The molecule has 0 spiro atoms. The first-order valence-corrected chi connectivity index (χ1v) is 5.10. The molecule has 0 aliphatic carbocycles. The van der Waals surface area contributed by atoms with Crippen LogP contribution in [0, 0.1) is 5.41 Å². The van der Waals surface area contributed by atoms with Gasteiger partial charge in [-0.1, -0.05) is 6.92 Å². The molecule has 5 nitrogen and oxygen atoms in total. The number of nitrogens with one attached hydrogen (secondary N) is 1. The van der Waals surface area contributed by atoms with Crippen molar-refractivity contribution in [2.24, 2.45) is 5.73 Å². The monoisotopic (exact) mass is 207 g/mol. The Hall–Kier alpha value is -1.65. The largest absolute Gasteiger partial charge is 0.382 e. The maximum atomic E-state index is 7.20. The van der Waals surface area contributed by atoms with Gasteiger partial charge in [0.15, 0.2) is 0 Å². The SMILES string of the molecule is CCCN(CC)c1cnc(C(=N)N)cn1. The topological polar surface area (TPSA) is 78.9 Å². The molecule has 0 saturated heterocycles. The van der Waals surface area contributed by atoms with Crippen LogP contribution in [0.25, 0.3) is 0 Å². The molecule has 3 N–H and O–H groups in total. The van der Waals surface area contributed by atoms with E-state index in [4.69, 9.17) is 11.1 Å². The lowest BCUT2D eigenvalue weighted by Gasteiger charge is -2.20. The van der Waals surface area contributed by atoms with Crippen LogP contribution in [0.15, 0.2) is 12.4 Å². The Balaban J connectivity index is 2.81. The van der Waals surface area contributed by atoms with Crippen molar-refractivity contribution in [1.29, 1.82) is 5.41 Å². The molecular formula is C10H17N5. The summed E-state index contributed by atoms with van der Waals surface area (Å²) in [5.74, 6) is 0.789. The van der Waals surface area contributed by atoms with Gasteiger partial charge in [-0.3, -0.25) is 5.41 Å². The van der Waals surface area contributed by atoms with Crippen LogP contribution in [-0.2, 0) is 0 Å². The fourth-order valence-corrected chi connectivity index (χ4v) is 1.33. The zero-order chi connectivity index (χ0) is 11.3. The predicted octanol–water partition coefficient (Wildman–Crippen LogP) is 0.997. The molecule has 0 unspecified atom stereocenters. The van der Waals surface area contributed by atoms with Crippen LogP contribution in [0.1, 0.15) is 26.0 Å². The van der Waals surface area contributed by atoms with Gasteiger partial charge in [-0.15, -0.1) is 0 Å². The van der Waals surface area contributed by atoms with Gasteiger partial charge >= 0.3 is 0 Å². The van der Waals surface area contributed by atoms with Gasteiger partial charge in [0, 0.05) is 13.1 Å². The lowest BCUT2D eigenvalue weighted by atomic mass is 10.4. The Labute approximate surface area is 89.8 Å². The van der Waals surface area contributed by atoms with E-state index in [-0.39, 0.29) is 5.84 Å². The highest BCUT2D eigenvalue weighted by molar-refractivity contribution is 5.92. The lowest BCUT2D eigenvalue weighted by Crippen LogP contribution is -2.25. The number of hydrogen-bond acceptors (Lipinski definition) is 4. The van der Waals surface area contributed by atoms with Gasteiger partial charge in [-0.05, 0) is 13.3 Å². The number of nitrogen functional groups attached to an aromatic ring is 1. The summed E-state index contributed by atoms with van der Waals surface area (Å²) in [5.41, 5.74) is 5.72. The standard InChI is InChI=1S/C10H17N5/c1-3-5-15(4-2)9-7-13-8(6-14-9)10(11)12/h6-7H,3-5H2,1-2H3,(H3,11,12). The van der Waals surface area contributed by atoms with E-state index >= 15 is 0 Å². The predicted molar refractivity (Wildman–Crippen MR) is 61.2 cm³/mol. The van der Waals surface area contributed by atoms with Crippen molar-refractivity contribution in [3.05, 3.63) is 18.1 Å². The van der Waals surface area contributed by atoms with Gasteiger partial charge in [-0.2, -0.15) is 0 Å². The van der Waals surface area contributed by atoms with Gasteiger partial charge in [0.1, 0.15) is 17.3 Å². The fourth-order valence-electron chi connectivity index (χ4n) is 1.33. The number of nitrogens with two attached hydrogens (primary N) is 1. The molecule has 0 atom stereocenters. The van der Waals surface area contributed by atoms with Crippen LogP contribution < -0.4 is 10.6 Å². The van der Waals surface area contributed by atoms with Gasteiger partial charge in [0.25, 0.3) is 0 Å². The van der Waals surface area contributed by atoms with E-state index in [9.17, 15) is 0 Å². The minimum atomic E-state index is -0.0485. The van der Waals surface area contributed by atoms with Gasteiger partial charge in [0.05, 0.1) is 12.4 Å². The van der Waals surface area contributed by atoms with E-state index in [1.54, 1.807) is 6.20 Å². The van der Waals surface area contributed by atoms with Crippen molar-refractivity contribution in [2.75, 3.05) is 18.0 Å². The number of rotatable bonds is 5. The Kier molecular flexibility index (Phi) is 4.03. The average Bonchev–Trinajstić information content (AvgIpc) is 2.26. The van der Waals surface area contributed by atoms with E-state index in [1.165, 1.54) is 6.20 Å². The van der Waals surface area contributed by atoms with Crippen LogP contribution in [0.4, 0.5) is 5.82 Å². The maximum absolute atomic E-state index is 7.20. The average molecular weight is 207 g/mol. The first-order valence-electron chi connectivity index (χ1n) is 5.10.